The second-order valence-corrected chi connectivity index (χ2v) is 11.6. The van der Waals surface area contributed by atoms with Crippen molar-refractivity contribution in [3.8, 4) is 11.5 Å². The summed E-state index contributed by atoms with van der Waals surface area (Å²) >= 11 is 0. The summed E-state index contributed by atoms with van der Waals surface area (Å²) in [5.41, 5.74) is 2.07. The zero-order chi connectivity index (χ0) is 27.3. The van der Waals surface area contributed by atoms with Crippen molar-refractivity contribution in [2.45, 2.75) is 37.9 Å². The van der Waals surface area contributed by atoms with Gasteiger partial charge in [0.1, 0.15) is 12.2 Å². The van der Waals surface area contributed by atoms with E-state index in [-0.39, 0.29) is 5.41 Å². The highest BCUT2D eigenvalue weighted by atomic mass is 16.5. The summed E-state index contributed by atoms with van der Waals surface area (Å²) in [5.74, 6) is 1.60. The zero-order valence-corrected chi connectivity index (χ0v) is 23.3. The van der Waals surface area contributed by atoms with Crippen LogP contribution in [0.1, 0.15) is 42.4 Å². The summed E-state index contributed by atoms with van der Waals surface area (Å²) in [6.45, 7) is 5.64. The van der Waals surface area contributed by atoms with Gasteiger partial charge >= 0.3 is 0 Å². The van der Waals surface area contributed by atoms with Crippen molar-refractivity contribution in [1.82, 2.24) is 0 Å². The van der Waals surface area contributed by atoms with Crippen LogP contribution in [0.15, 0.2) is 115 Å². The minimum Gasteiger partial charge on any atom is -0.489 e. The monoisotopic (exact) mass is 534 g/mol. The Balaban J connectivity index is 1.08. The Labute approximate surface area is 238 Å². The van der Waals surface area contributed by atoms with E-state index in [9.17, 15) is 5.11 Å². The number of benzene rings is 4. The average Bonchev–Trinajstić information content (AvgIpc) is 3.04. The number of nitrogens with zero attached hydrogens (tertiary/aromatic N) is 1. The first-order valence-electron chi connectivity index (χ1n) is 14.7. The fourth-order valence-electron chi connectivity index (χ4n) is 7.09. The topological polar surface area (TPSA) is 38.7 Å². The molecule has 4 nitrogen and oxygen atoms in total. The Morgan fingerprint density at radius 2 is 1.10 bits per heavy atom. The molecule has 2 bridgehead atoms. The molecule has 0 amide bonds. The third-order valence-corrected chi connectivity index (χ3v) is 9.47. The van der Waals surface area contributed by atoms with Gasteiger partial charge in [-0.25, -0.2) is 0 Å². The predicted molar refractivity (Wildman–Crippen MR) is 159 cm³/mol. The molecular formula is C36H40NO3+. The lowest BCUT2D eigenvalue weighted by molar-refractivity contribution is -0.946. The summed E-state index contributed by atoms with van der Waals surface area (Å²) in [6.07, 6.45) is 4.10. The number of hydrogen-bond donors (Lipinski definition) is 1. The number of fused-ring (bicyclic) bond motifs is 3. The van der Waals surface area contributed by atoms with Gasteiger partial charge in [-0.2, -0.15) is 0 Å². The smallest absolute Gasteiger partial charge is 0.161 e. The minimum atomic E-state index is -0.974. The fraction of sp³-hybridized carbons (Fsp3) is 0.333. The van der Waals surface area contributed by atoms with Crippen molar-refractivity contribution in [3.05, 3.63) is 132 Å². The Hall–Kier alpha value is -3.60. The van der Waals surface area contributed by atoms with Gasteiger partial charge in [-0.1, -0.05) is 103 Å². The van der Waals surface area contributed by atoms with Crippen LogP contribution in [0.25, 0.3) is 0 Å². The van der Waals surface area contributed by atoms with Crippen molar-refractivity contribution in [1.29, 1.82) is 0 Å². The standard InChI is InChI=1S/C36H40NO3/c38-36(31-15-6-2-7-16-31,32-17-8-3-9-18-32)35-21-25-37(26-22-35,27-23-35)24-12-28-39-33-19-10-11-20-34(33)40-29-30-13-4-1-5-14-30/h1-11,13-20,38H,12,21-29H2/q+1. The third-order valence-electron chi connectivity index (χ3n) is 9.47. The number of para-hydroxylation sites is 2. The van der Waals surface area contributed by atoms with Crippen LogP contribution in [0.2, 0.25) is 0 Å². The van der Waals surface area contributed by atoms with E-state index in [0.717, 1.165) is 84.5 Å². The molecule has 0 atom stereocenters. The average molecular weight is 535 g/mol. The lowest BCUT2D eigenvalue weighted by atomic mass is 9.56. The zero-order valence-electron chi connectivity index (χ0n) is 23.3. The number of hydrogen-bond acceptors (Lipinski definition) is 3. The molecule has 7 rings (SSSR count). The third kappa shape index (κ3) is 5.14. The Bertz CT molecular complexity index is 1310. The summed E-state index contributed by atoms with van der Waals surface area (Å²) in [5, 5.41) is 12.6. The van der Waals surface area contributed by atoms with Crippen LogP contribution in [0.4, 0.5) is 0 Å². The molecule has 3 aliphatic rings. The van der Waals surface area contributed by atoms with E-state index < -0.39 is 5.60 Å². The molecule has 206 valence electrons. The van der Waals surface area contributed by atoms with Gasteiger partial charge in [-0.05, 0) is 28.8 Å². The molecule has 40 heavy (non-hydrogen) atoms. The number of aliphatic hydroxyl groups is 1. The molecule has 3 fully saturated rings. The van der Waals surface area contributed by atoms with Crippen LogP contribution in [-0.2, 0) is 12.2 Å². The van der Waals surface area contributed by atoms with Crippen molar-refractivity contribution >= 4 is 0 Å². The van der Waals surface area contributed by atoms with E-state index >= 15 is 0 Å². The molecule has 3 aliphatic heterocycles. The highest BCUT2D eigenvalue weighted by molar-refractivity contribution is 5.40. The Morgan fingerprint density at radius 1 is 0.625 bits per heavy atom. The summed E-state index contributed by atoms with van der Waals surface area (Å²) in [4.78, 5) is 0. The first kappa shape index (κ1) is 26.6. The highest BCUT2D eigenvalue weighted by Gasteiger charge is 2.60. The van der Waals surface area contributed by atoms with Crippen LogP contribution in [0, 0.1) is 5.41 Å². The van der Waals surface area contributed by atoms with E-state index in [1.54, 1.807) is 0 Å². The van der Waals surface area contributed by atoms with Crippen molar-refractivity contribution < 1.29 is 19.1 Å². The SMILES string of the molecule is OC(c1ccccc1)(c1ccccc1)C12CC[N+](CCCOc3ccccc3OCc3ccccc3)(CC1)CC2. The van der Waals surface area contributed by atoms with Gasteiger partial charge in [0.05, 0.1) is 32.8 Å². The molecule has 0 unspecified atom stereocenters. The van der Waals surface area contributed by atoms with Crippen molar-refractivity contribution in [2.24, 2.45) is 5.41 Å². The lowest BCUT2D eigenvalue weighted by Gasteiger charge is -2.60. The van der Waals surface area contributed by atoms with E-state index in [4.69, 9.17) is 9.47 Å². The number of rotatable bonds is 11. The highest BCUT2D eigenvalue weighted by Crippen LogP contribution is 2.57. The Kier molecular flexibility index (Phi) is 7.64. The number of quaternary nitrogens is 1. The molecule has 3 saturated heterocycles. The molecular weight excluding hydrogens is 494 g/mol. The van der Waals surface area contributed by atoms with Gasteiger partial charge in [0, 0.05) is 31.1 Å². The molecule has 4 aromatic carbocycles. The number of ether oxygens (including phenoxy) is 2. The molecule has 0 aliphatic carbocycles. The van der Waals surface area contributed by atoms with Gasteiger partial charge < -0.3 is 19.1 Å². The van der Waals surface area contributed by atoms with Crippen LogP contribution in [-0.4, -0.2) is 42.4 Å². The second kappa shape index (κ2) is 11.5. The van der Waals surface area contributed by atoms with E-state index in [0.29, 0.717) is 13.2 Å². The van der Waals surface area contributed by atoms with Crippen LogP contribution in [0.5, 0.6) is 11.5 Å². The van der Waals surface area contributed by atoms with Gasteiger partial charge in [0.25, 0.3) is 0 Å². The quantitative estimate of drug-likeness (QED) is 0.167. The summed E-state index contributed by atoms with van der Waals surface area (Å²) in [6, 6.07) is 38.9. The first-order chi connectivity index (χ1) is 19.6. The molecule has 4 heteroatoms. The van der Waals surface area contributed by atoms with Gasteiger partial charge in [-0.15, -0.1) is 0 Å². The van der Waals surface area contributed by atoms with Gasteiger partial charge in [0.2, 0.25) is 0 Å². The fourth-order valence-corrected chi connectivity index (χ4v) is 7.09. The maximum absolute atomic E-state index is 12.6. The van der Waals surface area contributed by atoms with Gasteiger partial charge in [0.15, 0.2) is 11.5 Å². The molecule has 0 aromatic heterocycles. The van der Waals surface area contributed by atoms with E-state index in [2.05, 4.69) is 60.7 Å². The lowest BCUT2D eigenvalue weighted by Crippen LogP contribution is -2.66. The Morgan fingerprint density at radius 3 is 1.65 bits per heavy atom. The second-order valence-electron chi connectivity index (χ2n) is 11.6. The van der Waals surface area contributed by atoms with Crippen LogP contribution in [0.3, 0.4) is 0 Å². The van der Waals surface area contributed by atoms with Crippen LogP contribution >= 0.6 is 0 Å². The molecule has 0 saturated carbocycles. The molecule has 3 heterocycles. The maximum Gasteiger partial charge on any atom is 0.161 e. The van der Waals surface area contributed by atoms with Crippen molar-refractivity contribution in [2.75, 3.05) is 32.8 Å². The van der Waals surface area contributed by atoms with E-state index in [1.807, 2.05) is 54.6 Å². The van der Waals surface area contributed by atoms with E-state index in [1.165, 1.54) is 0 Å². The molecule has 0 spiro atoms. The summed E-state index contributed by atoms with van der Waals surface area (Å²) < 4.78 is 13.5. The number of piperidine rings is 3. The van der Waals surface area contributed by atoms with Gasteiger partial charge in [-0.3, -0.25) is 0 Å². The molecule has 4 aromatic rings. The normalized spacial score (nSPS) is 22.1. The summed E-state index contributed by atoms with van der Waals surface area (Å²) in [7, 11) is 0. The maximum atomic E-state index is 12.6. The molecule has 1 N–H and O–H groups in total. The first-order valence-corrected chi connectivity index (χ1v) is 14.7. The van der Waals surface area contributed by atoms with Crippen LogP contribution < -0.4 is 9.47 Å². The van der Waals surface area contributed by atoms with Crippen molar-refractivity contribution in [3.63, 3.8) is 0 Å². The largest absolute Gasteiger partial charge is 0.489 e. The minimum absolute atomic E-state index is 0.138. The molecule has 0 radical (unpaired) electrons. The predicted octanol–water partition coefficient (Wildman–Crippen LogP) is 6.97.